The molecule has 2 fully saturated rings. The molecule has 1 unspecified atom stereocenters. The Kier molecular flexibility index (Phi) is 15.1. The first-order valence-electron chi connectivity index (χ1n) is 24.2. The fourth-order valence-electron chi connectivity index (χ4n) is 10.7. The molecule has 0 bridgehead atoms. The number of aryl methyl sites for hydroxylation is 1. The van der Waals surface area contributed by atoms with E-state index >= 15 is 0 Å². The summed E-state index contributed by atoms with van der Waals surface area (Å²) < 4.78 is 10.6. The van der Waals surface area contributed by atoms with Gasteiger partial charge in [0.15, 0.2) is 5.78 Å². The van der Waals surface area contributed by atoms with Crippen LogP contribution >= 0.6 is 27.5 Å². The topological polar surface area (TPSA) is 117 Å². The van der Waals surface area contributed by atoms with E-state index in [-0.39, 0.29) is 41.4 Å². The number of fused-ring (bicyclic) bond motifs is 3. The highest BCUT2D eigenvalue weighted by Gasteiger charge is 2.38. The van der Waals surface area contributed by atoms with Crippen molar-refractivity contribution in [3.05, 3.63) is 147 Å². The standard InChI is InChI=1S/C30H33ClN4O4.C27H29BrN2O2/c1-6-27(36)34-16-22(17-34)32(4)29(37)19(3)35-18(2)28(24-14-21(31)10-11-25(24)35)30(38)33-13-12-23-20(15-33)8-7-9-26(23)39-5;1-5-26(32)29-13-19(14-29)11-21(31)15-30-16-25(23-9-7-6-8-22(23)17(2)3)24-12-20(28)10-18(4)27(24)30/h6-11,14,19,22H,1,12-13,15-17H2,2-5H3;5-10,12,16-17,19H,1,11,13-15H2,2-4H3. The van der Waals surface area contributed by atoms with Crippen molar-refractivity contribution in [2.75, 3.05) is 46.9 Å². The Balaban J connectivity index is 0.000000194. The molecule has 3 aliphatic heterocycles. The molecule has 0 aliphatic carbocycles. The van der Waals surface area contributed by atoms with Gasteiger partial charge in [-0.05, 0) is 104 Å². The molecule has 14 heteroatoms. The maximum Gasteiger partial charge on any atom is 0.256 e. The third-order valence-corrected chi connectivity index (χ3v) is 15.1. The largest absolute Gasteiger partial charge is 0.496 e. The lowest BCUT2D eigenvalue weighted by molar-refractivity contribution is -0.144. The molecule has 0 N–H and O–H groups in total. The molecule has 9 rings (SSSR count). The van der Waals surface area contributed by atoms with Gasteiger partial charge in [0.1, 0.15) is 11.8 Å². The van der Waals surface area contributed by atoms with E-state index in [0.29, 0.717) is 75.2 Å². The summed E-state index contributed by atoms with van der Waals surface area (Å²) in [6, 6.07) is 23.5. The summed E-state index contributed by atoms with van der Waals surface area (Å²) >= 11 is 10.0. The zero-order valence-electron chi connectivity index (χ0n) is 41.6. The second kappa shape index (κ2) is 21.1. The number of hydrogen-bond acceptors (Lipinski definition) is 6. The number of amides is 4. The van der Waals surface area contributed by atoms with E-state index in [1.54, 1.807) is 41.0 Å². The Morgan fingerprint density at radius 3 is 2.23 bits per heavy atom. The number of hydrogen-bond donors (Lipinski definition) is 0. The summed E-state index contributed by atoms with van der Waals surface area (Å²) in [4.78, 5) is 71.1. The highest BCUT2D eigenvalue weighted by Crippen LogP contribution is 2.39. The number of benzene rings is 4. The average molecular weight is 1040 g/mol. The van der Waals surface area contributed by atoms with E-state index in [2.05, 4.69) is 97.0 Å². The Labute approximate surface area is 429 Å². The number of methoxy groups -OCH3 is 1. The highest BCUT2D eigenvalue weighted by molar-refractivity contribution is 9.10. The van der Waals surface area contributed by atoms with E-state index < -0.39 is 6.04 Å². The second-order valence-electron chi connectivity index (χ2n) is 19.4. The van der Waals surface area contributed by atoms with Crippen LogP contribution in [0.25, 0.3) is 32.9 Å². The van der Waals surface area contributed by atoms with Crippen molar-refractivity contribution in [3.63, 3.8) is 0 Å². The van der Waals surface area contributed by atoms with Crippen molar-refractivity contribution in [3.8, 4) is 16.9 Å². The lowest BCUT2D eigenvalue weighted by atomic mass is 9.92. The Bertz CT molecular complexity index is 3110. The lowest BCUT2D eigenvalue weighted by Crippen LogP contribution is -2.61. The molecule has 71 heavy (non-hydrogen) atoms. The first-order chi connectivity index (χ1) is 33.9. The normalized spacial score (nSPS) is 15.1. The molecule has 6 aromatic rings. The molecule has 2 saturated heterocycles. The van der Waals surface area contributed by atoms with Gasteiger partial charge < -0.3 is 33.5 Å². The van der Waals surface area contributed by atoms with Crippen LogP contribution in [-0.2, 0) is 38.7 Å². The van der Waals surface area contributed by atoms with Gasteiger partial charge in [0.05, 0.1) is 30.8 Å². The number of halogens is 2. The van der Waals surface area contributed by atoms with Crippen LogP contribution in [0.3, 0.4) is 0 Å². The number of rotatable bonds is 13. The number of ether oxygens (including phenoxy) is 1. The molecule has 5 heterocycles. The molecular weight excluding hydrogens is 980 g/mol. The van der Waals surface area contributed by atoms with Crippen molar-refractivity contribution < 1.29 is 28.7 Å². The molecular formula is C57H62BrClN6O6. The maximum atomic E-state index is 14.0. The summed E-state index contributed by atoms with van der Waals surface area (Å²) in [6.07, 6.45) is 5.96. The summed E-state index contributed by atoms with van der Waals surface area (Å²) in [7, 11) is 3.43. The average Bonchev–Trinajstić information content (AvgIpc) is 3.83. The molecule has 1 atom stereocenters. The molecule has 370 valence electrons. The molecule has 0 radical (unpaired) electrons. The Morgan fingerprint density at radius 1 is 0.859 bits per heavy atom. The van der Waals surface area contributed by atoms with Crippen LogP contribution in [0.5, 0.6) is 5.75 Å². The quantitative estimate of drug-likeness (QED) is 0.106. The predicted molar refractivity (Wildman–Crippen MR) is 285 cm³/mol. The molecule has 3 aliphatic rings. The minimum Gasteiger partial charge on any atom is -0.496 e. The molecule has 4 aromatic carbocycles. The molecule has 2 aromatic heterocycles. The molecule has 12 nitrogen and oxygen atoms in total. The van der Waals surface area contributed by atoms with Gasteiger partial charge in [0.25, 0.3) is 5.91 Å². The van der Waals surface area contributed by atoms with Crippen molar-refractivity contribution in [1.29, 1.82) is 0 Å². The van der Waals surface area contributed by atoms with Crippen LogP contribution in [0, 0.1) is 19.8 Å². The third-order valence-electron chi connectivity index (χ3n) is 14.5. The number of carbonyl (C=O) groups is 5. The fraction of sp³-hybridized carbons (Fsp3) is 0.351. The number of Topliss-reactive ketones (excluding diaryl/α,β-unsaturated/α-hetero) is 1. The van der Waals surface area contributed by atoms with Crippen LogP contribution in [-0.4, -0.2) is 111 Å². The van der Waals surface area contributed by atoms with Crippen molar-refractivity contribution in [1.82, 2.24) is 28.7 Å². The van der Waals surface area contributed by atoms with E-state index in [1.165, 1.54) is 23.3 Å². The smallest absolute Gasteiger partial charge is 0.256 e. The Morgan fingerprint density at radius 2 is 1.55 bits per heavy atom. The number of ketones is 1. The van der Waals surface area contributed by atoms with E-state index in [4.69, 9.17) is 16.3 Å². The Hall–Kier alpha value is -6.44. The van der Waals surface area contributed by atoms with Gasteiger partial charge in [-0.1, -0.05) is 90.9 Å². The zero-order valence-corrected chi connectivity index (χ0v) is 44.0. The van der Waals surface area contributed by atoms with Crippen LogP contribution in [0.4, 0.5) is 0 Å². The molecule has 0 saturated carbocycles. The van der Waals surface area contributed by atoms with E-state index in [9.17, 15) is 24.0 Å². The summed E-state index contributed by atoms with van der Waals surface area (Å²) in [6.45, 7) is 20.9. The summed E-state index contributed by atoms with van der Waals surface area (Å²) in [5.74, 6) is 1.33. The van der Waals surface area contributed by atoms with Crippen molar-refractivity contribution in [2.24, 2.45) is 5.92 Å². The second-order valence-corrected chi connectivity index (χ2v) is 20.7. The van der Waals surface area contributed by atoms with Gasteiger partial charge in [-0.25, -0.2) is 0 Å². The van der Waals surface area contributed by atoms with Gasteiger partial charge in [0.2, 0.25) is 17.7 Å². The highest BCUT2D eigenvalue weighted by atomic mass is 79.9. The number of likely N-dealkylation sites (N-methyl/N-ethyl adjacent to an activating group) is 1. The van der Waals surface area contributed by atoms with Crippen LogP contribution < -0.4 is 4.74 Å². The van der Waals surface area contributed by atoms with Gasteiger partial charge in [-0.3, -0.25) is 24.0 Å². The van der Waals surface area contributed by atoms with Crippen LogP contribution in [0.15, 0.2) is 109 Å². The maximum absolute atomic E-state index is 14.0. The third kappa shape index (κ3) is 10.1. The zero-order chi connectivity index (χ0) is 51.0. The fourth-order valence-corrected chi connectivity index (χ4v) is 11.4. The van der Waals surface area contributed by atoms with Gasteiger partial charge in [0, 0.05) is 107 Å². The SMILES string of the molecule is C=CC(=O)N1CC(CC(=O)Cn2cc(-c3ccccc3C(C)C)c3cc(Br)cc(C)c32)C1.C=CC(=O)N1CC(N(C)C(=O)C(C)n2c(C)c(C(=O)N3CCc4c(cccc4OC)C3)c3cc(Cl)ccc32)C1. The predicted octanol–water partition coefficient (Wildman–Crippen LogP) is 10.3. The van der Waals surface area contributed by atoms with Crippen LogP contribution in [0.1, 0.15) is 77.5 Å². The van der Waals surface area contributed by atoms with Gasteiger partial charge in [-0.15, -0.1) is 0 Å². The number of carbonyl (C=O) groups excluding carboxylic acids is 5. The van der Waals surface area contributed by atoms with Gasteiger partial charge in [-0.2, -0.15) is 0 Å². The monoisotopic (exact) mass is 1040 g/mol. The minimum atomic E-state index is -0.560. The minimum absolute atomic E-state index is 0.0558. The lowest BCUT2D eigenvalue weighted by Gasteiger charge is -2.44. The molecule has 4 amide bonds. The van der Waals surface area contributed by atoms with E-state index in [0.717, 1.165) is 60.0 Å². The summed E-state index contributed by atoms with van der Waals surface area (Å²) in [5.41, 5.74) is 10.2. The van der Waals surface area contributed by atoms with Crippen molar-refractivity contribution in [2.45, 2.75) is 78.6 Å². The van der Waals surface area contributed by atoms with Crippen molar-refractivity contribution >= 4 is 78.7 Å². The first-order valence-corrected chi connectivity index (χ1v) is 25.3. The number of likely N-dealkylation sites (tertiary alicyclic amines) is 2. The van der Waals surface area contributed by atoms with E-state index in [1.807, 2.05) is 47.6 Å². The number of nitrogens with zero attached hydrogens (tertiary/aromatic N) is 6. The number of aromatic nitrogens is 2. The molecule has 0 spiro atoms. The first kappa shape index (κ1) is 50.9. The van der Waals surface area contributed by atoms with Gasteiger partial charge >= 0.3 is 0 Å². The summed E-state index contributed by atoms with van der Waals surface area (Å²) in [5, 5.41) is 2.42. The van der Waals surface area contributed by atoms with Crippen LogP contribution in [0.2, 0.25) is 5.02 Å².